The Balaban J connectivity index is 2.21. The van der Waals surface area contributed by atoms with Gasteiger partial charge in [-0.25, -0.2) is 9.37 Å². The van der Waals surface area contributed by atoms with Crippen molar-refractivity contribution in [1.29, 1.82) is 0 Å². The largest absolute Gasteiger partial charge is 0.396 e. The molecule has 0 spiro atoms. The fraction of sp³-hybridized carbons (Fsp3) is 0.357. The molecule has 1 aromatic heterocycles. The van der Waals surface area contributed by atoms with Crippen molar-refractivity contribution >= 4 is 11.3 Å². The molecule has 1 N–H and O–H groups in total. The predicted molar refractivity (Wildman–Crippen MR) is 72.2 cm³/mol. The first-order valence-electron chi connectivity index (χ1n) is 5.92. The Morgan fingerprint density at radius 1 is 1.44 bits per heavy atom. The Hall–Kier alpha value is -1.26. The molecule has 1 unspecified atom stereocenters. The molecule has 4 heteroatoms. The molecule has 0 saturated heterocycles. The highest BCUT2D eigenvalue weighted by atomic mass is 32.1. The molecule has 1 heterocycles. The fourth-order valence-corrected chi connectivity index (χ4v) is 2.67. The second-order valence-electron chi connectivity index (χ2n) is 4.58. The van der Waals surface area contributed by atoms with Crippen LogP contribution >= 0.6 is 11.3 Å². The van der Waals surface area contributed by atoms with Gasteiger partial charge in [0, 0.05) is 24.0 Å². The van der Waals surface area contributed by atoms with E-state index in [0.717, 1.165) is 22.7 Å². The molecule has 2 rings (SSSR count). The summed E-state index contributed by atoms with van der Waals surface area (Å²) < 4.78 is 13.2. The third-order valence-corrected chi connectivity index (χ3v) is 3.71. The molecule has 0 saturated carbocycles. The molecule has 0 amide bonds. The van der Waals surface area contributed by atoms with Crippen LogP contribution in [0, 0.1) is 18.7 Å². The Morgan fingerprint density at radius 2 is 2.22 bits per heavy atom. The first kappa shape index (κ1) is 13.2. The van der Waals surface area contributed by atoms with Crippen molar-refractivity contribution in [2.24, 2.45) is 5.92 Å². The summed E-state index contributed by atoms with van der Waals surface area (Å²) in [6.45, 7) is 3.91. The van der Waals surface area contributed by atoms with Crippen molar-refractivity contribution in [1.82, 2.24) is 4.98 Å². The van der Waals surface area contributed by atoms with Crippen molar-refractivity contribution in [3.05, 3.63) is 40.0 Å². The van der Waals surface area contributed by atoms with Gasteiger partial charge in [-0.3, -0.25) is 0 Å². The second-order valence-corrected chi connectivity index (χ2v) is 5.52. The standard InChI is InChI=1S/C14H16FNOS/c1-9(7-17)5-14-16-13(8-18-14)11-3-4-12(15)10(2)6-11/h3-4,6,8-9,17H,5,7H2,1-2H3. The highest BCUT2D eigenvalue weighted by molar-refractivity contribution is 7.09. The molecule has 0 radical (unpaired) electrons. The molecular weight excluding hydrogens is 249 g/mol. The molecular formula is C14H16FNOS. The van der Waals surface area contributed by atoms with Crippen LogP contribution in [0.2, 0.25) is 0 Å². The summed E-state index contributed by atoms with van der Waals surface area (Å²) >= 11 is 1.58. The topological polar surface area (TPSA) is 33.1 Å². The number of nitrogens with zero attached hydrogens (tertiary/aromatic N) is 1. The lowest BCUT2D eigenvalue weighted by Gasteiger charge is -2.03. The zero-order chi connectivity index (χ0) is 13.1. The Morgan fingerprint density at radius 3 is 2.89 bits per heavy atom. The van der Waals surface area contributed by atoms with Crippen LogP contribution in [0.1, 0.15) is 17.5 Å². The number of aliphatic hydroxyl groups excluding tert-OH is 1. The van der Waals surface area contributed by atoms with Crippen molar-refractivity contribution < 1.29 is 9.50 Å². The SMILES string of the molecule is Cc1cc(-c2csc(CC(C)CO)n2)ccc1F. The number of aliphatic hydroxyl groups is 1. The number of halogens is 1. The molecule has 0 aliphatic heterocycles. The normalized spacial score (nSPS) is 12.7. The summed E-state index contributed by atoms with van der Waals surface area (Å²) in [6, 6.07) is 5.03. The molecule has 0 bridgehead atoms. The summed E-state index contributed by atoms with van der Waals surface area (Å²) in [5.74, 6) is 0.0297. The van der Waals surface area contributed by atoms with Gasteiger partial charge < -0.3 is 5.11 Å². The van der Waals surface area contributed by atoms with Gasteiger partial charge in [0.15, 0.2) is 0 Å². The monoisotopic (exact) mass is 265 g/mol. The number of hydrogen-bond acceptors (Lipinski definition) is 3. The van der Waals surface area contributed by atoms with Crippen LogP contribution in [0.25, 0.3) is 11.3 Å². The molecule has 0 aliphatic carbocycles. The summed E-state index contributed by atoms with van der Waals surface area (Å²) in [7, 11) is 0. The highest BCUT2D eigenvalue weighted by Crippen LogP contribution is 2.25. The maximum absolute atomic E-state index is 13.2. The van der Waals surface area contributed by atoms with Crippen LogP contribution in [0.5, 0.6) is 0 Å². The molecule has 2 nitrogen and oxygen atoms in total. The first-order chi connectivity index (χ1) is 8.60. The summed E-state index contributed by atoms with van der Waals surface area (Å²) in [6.07, 6.45) is 0.779. The van der Waals surface area contributed by atoms with Crippen LogP contribution in [0.3, 0.4) is 0 Å². The van der Waals surface area contributed by atoms with Crippen LogP contribution in [0.15, 0.2) is 23.6 Å². The van der Waals surface area contributed by atoms with Gasteiger partial charge in [0.05, 0.1) is 10.7 Å². The summed E-state index contributed by atoms with van der Waals surface area (Å²) in [5, 5.41) is 12.0. The average Bonchev–Trinajstić information content (AvgIpc) is 2.81. The zero-order valence-corrected chi connectivity index (χ0v) is 11.3. The first-order valence-corrected chi connectivity index (χ1v) is 6.80. The molecule has 0 aliphatic rings. The van der Waals surface area contributed by atoms with E-state index in [0.29, 0.717) is 5.56 Å². The third-order valence-electron chi connectivity index (χ3n) is 2.84. The zero-order valence-electron chi connectivity index (χ0n) is 10.5. The molecule has 18 heavy (non-hydrogen) atoms. The number of hydrogen-bond donors (Lipinski definition) is 1. The summed E-state index contributed by atoms with van der Waals surface area (Å²) in [4.78, 5) is 4.52. The maximum Gasteiger partial charge on any atom is 0.126 e. The van der Waals surface area contributed by atoms with Gasteiger partial charge in [0.1, 0.15) is 5.82 Å². The van der Waals surface area contributed by atoms with E-state index in [9.17, 15) is 4.39 Å². The Bertz CT molecular complexity index is 538. The van der Waals surface area contributed by atoms with E-state index in [-0.39, 0.29) is 18.3 Å². The molecule has 1 atom stereocenters. The lowest BCUT2D eigenvalue weighted by atomic mass is 10.1. The molecule has 2 aromatic rings. The highest BCUT2D eigenvalue weighted by Gasteiger charge is 2.09. The van der Waals surface area contributed by atoms with Gasteiger partial charge in [-0.1, -0.05) is 6.92 Å². The average molecular weight is 265 g/mol. The number of benzene rings is 1. The second kappa shape index (κ2) is 5.59. The quantitative estimate of drug-likeness (QED) is 0.918. The predicted octanol–water partition coefficient (Wildman–Crippen LogP) is 3.43. The molecule has 1 aromatic carbocycles. The third kappa shape index (κ3) is 2.94. The smallest absolute Gasteiger partial charge is 0.126 e. The van der Waals surface area contributed by atoms with E-state index in [1.54, 1.807) is 24.3 Å². The lowest BCUT2D eigenvalue weighted by molar-refractivity contribution is 0.237. The van der Waals surface area contributed by atoms with Gasteiger partial charge in [0.2, 0.25) is 0 Å². The van der Waals surface area contributed by atoms with Crippen molar-refractivity contribution in [2.45, 2.75) is 20.3 Å². The van der Waals surface area contributed by atoms with Crippen LogP contribution in [-0.2, 0) is 6.42 Å². The minimum Gasteiger partial charge on any atom is -0.396 e. The van der Waals surface area contributed by atoms with Gasteiger partial charge in [-0.2, -0.15) is 0 Å². The van der Waals surface area contributed by atoms with Gasteiger partial charge in [0.25, 0.3) is 0 Å². The minimum atomic E-state index is -0.192. The van der Waals surface area contributed by atoms with Crippen molar-refractivity contribution in [3.63, 3.8) is 0 Å². The maximum atomic E-state index is 13.2. The van der Waals surface area contributed by atoms with E-state index >= 15 is 0 Å². The number of thiazole rings is 1. The molecule has 0 fully saturated rings. The van der Waals surface area contributed by atoms with E-state index < -0.39 is 0 Å². The lowest BCUT2D eigenvalue weighted by Crippen LogP contribution is -2.04. The van der Waals surface area contributed by atoms with Gasteiger partial charge >= 0.3 is 0 Å². The number of aromatic nitrogens is 1. The Labute approximate surface area is 110 Å². The van der Waals surface area contributed by atoms with Crippen LogP contribution in [-0.4, -0.2) is 16.7 Å². The van der Waals surface area contributed by atoms with Crippen molar-refractivity contribution in [2.75, 3.05) is 6.61 Å². The Kier molecular flexibility index (Phi) is 4.09. The van der Waals surface area contributed by atoms with Crippen LogP contribution < -0.4 is 0 Å². The number of rotatable bonds is 4. The van der Waals surface area contributed by atoms with Gasteiger partial charge in [-0.15, -0.1) is 11.3 Å². The van der Waals surface area contributed by atoms with Crippen molar-refractivity contribution in [3.8, 4) is 11.3 Å². The van der Waals surface area contributed by atoms with E-state index in [4.69, 9.17) is 5.11 Å². The van der Waals surface area contributed by atoms with E-state index in [1.165, 1.54) is 6.07 Å². The van der Waals surface area contributed by atoms with Crippen LogP contribution in [0.4, 0.5) is 4.39 Å². The summed E-state index contributed by atoms with van der Waals surface area (Å²) in [5.41, 5.74) is 2.45. The number of aryl methyl sites for hydroxylation is 1. The molecule has 96 valence electrons. The van der Waals surface area contributed by atoms with E-state index in [2.05, 4.69) is 4.98 Å². The minimum absolute atomic E-state index is 0.171. The van der Waals surface area contributed by atoms with E-state index in [1.807, 2.05) is 18.4 Å². The van der Waals surface area contributed by atoms with Gasteiger partial charge in [-0.05, 0) is 36.6 Å². The fourth-order valence-electron chi connectivity index (χ4n) is 1.70.